The molecule has 3 rings (SSSR count). The Balaban J connectivity index is 2.16. The van der Waals surface area contributed by atoms with Gasteiger partial charge < -0.3 is 4.98 Å². The van der Waals surface area contributed by atoms with Crippen molar-refractivity contribution < 1.29 is 0 Å². The fourth-order valence-electron chi connectivity index (χ4n) is 2.60. The minimum absolute atomic E-state index is 0.0968. The fourth-order valence-corrected chi connectivity index (χ4v) is 2.60. The quantitative estimate of drug-likeness (QED) is 0.731. The van der Waals surface area contributed by atoms with Crippen LogP contribution in [-0.2, 0) is 18.3 Å². The smallest absolute Gasteiger partial charge is 0.112 e. The van der Waals surface area contributed by atoms with Gasteiger partial charge in [0.05, 0.1) is 11.0 Å². The molecule has 2 nitrogen and oxygen atoms in total. The molecule has 1 aromatic heterocycles. The molecular weight excluding hydrogens is 208 g/mol. The van der Waals surface area contributed by atoms with Crippen LogP contribution >= 0.6 is 0 Å². The number of nitrogens with zero attached hydrogens (tertiary/aromatic N) is 1. The monoisotopic (exact) mass is 228 g/mol. The number of aromatic nitrogens is 2. The normalized spacial score (nSPS) is 16.2. The highest BCUT2D eigenvalue weighted by molar-refractivity contribution is 5.77. The molecule has 90 valence electrons. The number of aromatic amines is 1. The second-order valence-electron chi connectivity index (χ2n) is 6.18. The average molecular weight is 228 g/mol. The number of H-pyrrole nitrogens is 1. The van der Waals surface area contributed by atoms with Crippen molar-refractivity contribution in [3.05, 3.63) is 29.1 Å². The first kappa shape index (κ1) is 10.8. The SMILES string of the molecule is CC(C)(C)c1nc2cc3c(cc2[nH]1)CCCC3. The number of hydrogen-bond donors (Lipinski definition) is 1. The molecule has 1 N–H and O–H groups in total. The molecule has 0 bridgehead atoms. The molecule has 0 unspecified atom stereocenters. The van der Waals surface area contributed by atoms with Crippen molar-refractivity contribution >= 4 is 11.0 Å². The molecule has 2 heteroatoms. The molecular formula is C15H20N2. The van der Waals surface area contributed by atoms with E-state index in [1.807, 2.05) is 0 Å². The molecule has 17 heavy (non-hydrogen) atoms. The fraction of sp³-hybridized carbons (Fsp3) is 0.533. The van der Waals surface area contributed by atoms with Crippen molar-refractivity contribution in [2.24, 2.45) is 0 Å². The third kappa shape index (κ3) is 1.86. The number of nitrogens with one attached hydrogen (secondary N) is 1. The Morgan fingerprint density at radius 2 is 1.71 bits per heavy atom. The van der Waals surface area contributed by atoms with E-state index in [0.29, 0.717) is 0 Å². The summed E-state index contributed by atoms with van der Waals surface area (Å²) in [5.41, 5.74) is 5.47. The predicted octanol–water partition coefficient (Wildman–Crippen LogP) is 3.74. The van der Waals surface area contributed by atoms with Gasteiger partial charge in [-0.15, -0.1) is 0 Å². The molecule has 0 aliphatic heterocycles. The number of fused-ring (bicyclic) bond motifs is 2. The van der Waals surface area contributed by atoms with Crippen LogP contribution in [0.5, 0.6) is 0 Å². The van der Waals surface area contributed by atoms with Crippen molar-refractivity contribution in [2.75, 3.05) is 0 Å². The zero-order valence-corrected chi connectivity index (χ0v) is 10.9. The molecule has 1 aliphatic rings. The van der Waals surface area contributed by atoms with Gasteiger partial charge in [0.25, 0.3) is 0 Å². The lowest BCUT2D eigenvalue weighted by Gasteiger charge is -2.14. The molecule has 0 spiro atoms. The van der Waals surface area contributed by atoms with E-state index in [9.17, 15) is 0 Å². The van der Waals surface area contributed by atoms with Crippen molar-refractivity contribution in [3.8, 4) is 0 Å². The van der Waals surface area contributed by atoms with E-state index >= 15 is 0 Å². The number of rotatable bonds is 0. The van der Waals surface area contributed by atoms with Crippen molar-refractivity contribution in [2.45, 2.75) is 51.9 Å². The van der Waals surface area contributed by atoms with Gasteiger partial charge in [-0.05, 0) is 48.9 Å². The standard InChI is InChI=1S/C15H20N2/c1-15(2,3)14-16-12-8-10-6-4-5-7-11(10)9-13(12)17-14/h8-9H,4-7H2,1-3H3,(H,16,17). The molecule has 0 fully saturated rings. The van der Waals surface area contributed by atoms with Crippen LogP contribution in [0, 0.1) is 0 Å². The zero-order valence-electron chi connectivity index (χ0n) is 10.9. The van der Waals surface area contributed by atoms with Gasteiger partial charge in [-0.3, -0.25) is 0 Å². The van der Waals surface area contributed by atoms with Crippen molar-refractivity contribution in [3.63, 3.8) is 0 Å². The highest BCUT2D eigenvalue weighted by Gasteiger charge is 2.19. The molecule has 0 amide bonds. The average Bonchev–Trinajstić information content (AvgIpc) is 2.68. The first-order valence-corrected chi connectivity index (χ1v) is 6.56. The Labute approximate surface area is 102 Å². The lowest BCUT2D eigenvalue weighted by atomic mass is 9.91. The lowest BCUT2D eigenvalue weighted by molar-refractivity contribution is 0.554. The van der Waals surface area contributed by atoms with Gasteiger partial charge >= 0.3 is 0 Å². The minimum atomic E-state index is 0.0968. The molecule has 1 aromatic carbocycles. The van der Waals surface area contributed by atoms with E-state index in [1.165, 1.54) is 42.3 Å². The summed E-state index contributed by atoms with van der Waals surface area (Å²) in [4.78, 5) is 8.21. The molecule has 1 aliphatic carbocycles. The van der Waals surface area contributed by atoms with E-state index in [2.05, 4.69) is 37.9 Å². The summed E-state index contributed by atoms with van der Waals surface area (Å²) in [5.74, 6) is 1.09. The van der Waals surface area contributed by atoms with Crippen LogP contribution in [0.4, 0.5) is 0 Å². The third-order valence-electron chi connectivity index (χ3n) is 3.66. The summed E-state index contributed by atoms with van der Waals surface area (Å²) in [6.07, 6.45) is 5.12. The zero-order chi connectivity index (χ0) is 12.0. The van der Waals surface area contributed by atoms with Gasteiger partial charge in [-0.25, -0.2) is 4.98 Å². The van der Waals surface area contributed by atoms with Gasteiger partial charge in [0.1, 0.15) is 5.82 Å². The maximum absolute atomic E-state index is 4.74. The van der Waals surface area contributed by atoms with Crippen LogP contribution in [0.15, 0.2) is 12.1 Å². The van der Waals surface area contributed by atoms with Crippen LogP contribution in [0.25, 0.3) is 11.0 Å². The Kier molecular flexibility index (Phi) is 2.29. The summed E-state index contributed by atoms with van der Waals surface area (Å²) < 4.78 is 0. The van der Waals surface area contributed by atoms with E-state index in [0.717, 1.165) is 11.3 Å². The summed E-state index contributed by atoms with van der Waals surface area (Å²) in [7, 11) is 0. The van der Waals surface area contributed by atoms with E-state index < -0.39 is 0 Å². The van der Waals surface area contributed by atoms with E-state index in [4.69, 9.17) is 4.98 Å². The molecule has 0 saturated carbocycles. The van der Waals surface area contributed by atoms with E-state index in [1.54, 1.807) is 0 Å². The second-order valence-corrected chi connectivity index (χ2v) is 6.18. The predicted molar refractivity (Wildman–Crippen MR) is 71.4 cm³/mol. The summed E-state index contributed by atoms with van der Waals surface area (Å²) in [6.45, 7) is 6.60. The van der Waals surface area contributed by atoms with Crippen LogP contribution in [0.3, 0.4) is 0 Å². The number of aryl methyl sites for hydroxylation is 2. The third-order valence-corrected chi connectivity index (χ3v) is 3.66. The molecule has 0 saturated heterocycles. The van der Waals surface area contributed by atoms with Crippen molar-refractivity contribution in [1.29, 1.82) is 0 Å². The highest BCUT2D eigenvalue weighted by atomic mass is 14.9. The van der Waals surface area contributed by atoms with Gasteiger partial charge in [0, 0.05) is 5.41 Å². The summed E-state index contributed by atoms with van der Waals surface area (Å²) >= 11 is 0. The number of hydrogen-bond acceptors (Lipinski definition) is 1. The molecule has 2 aromatic rings. The number of imidazole rings is 1. The van der Waals surface area contributed by atoms with E-state index in [-0.39, 0.29) is 5.41 Å². The Bertz CT molecular complexity index is 515. The molecule has 0 atom stereocenters. The lowest BCUT2D eigenvalue weighted by Crippen LogP contribution is -2.12. The first-order valence-electron chi connectivity index (χ1n) is 6.56. The van der Waals surface area contributed by atoms with Gasteiger partial charge in [0.15, 0.2) is 0 Å². The molecule has 1 heterocycles. The Hall–Kier alpha value is -1.31. The van der Waals surface area contributed by atoms with Crippen molar-refractivity contribution in [1.82, 2.24) is 9.97 Å². The largest absolute Gasteiger partial charge is 0.342 e. The van der Waals surface area contributed by atoms with Crippen LogP contribution in [0.1, 0.15) is 50.6 Å². The van der Waals surface area contributed by atoms with Gasteiger partial charge in [-0.2, -0.15) is 0 Å². The Morgan fingerprint density at radius 3 is 2.35 bits per heavy atom. The summed E-state index contributed by atoms with van der Waals surface area (Å²) in [5, 5.41) is 0. The van der Waals surface area contributed by atoms with Gasteiger partial charge in [0.2, 0.25) is 0 Å². The molecule has 0 radical (unpaired) electrons. The number of benzene rings is 1. The topological polar surface area (TPSA) is 28.7 Å². The minimum Gasteiger partial charge on any atom is -0.342 e. The van der Waals surface area contributed by atoms with Gasteiger partial charge in [-0.1, -0.05) is 20.8 Å². The highest BCUT2D eigenvalue weighted by Crippen LogP contribution is 2.28. The first-order chi connectivity index (χ1) is 8.04. The second kappa shape index (κ2) is 3.59. The maximum atomic E-state index is 4.74. The summed E-state index contributed by atoms with van der Waals surface area (Å²) in [6, 6.07) is 4.60. The van der Waals surface area contributed by atoms with Crippen LogP contribution < -0.4 is 0 Å². The Morgan fingerprint density at radius 1 is 1.06 bits per heavy atom. The maximum Gasteiger partial charge on any atom is 0.112 e. The van der Waals surface area contributed by atoms with Crippen LogP contribution in [-0.4, -0.2) is 9.97 Å². The van der Waals surface area contributed by atoms with Crippen LogP contribution in [0.2, 0.25) is 0 Å².